The number of aliphatic hydroxyl groups excluding tert-OH is 1. The zero-order valence-corrected chi connectivity index (χ0v) is 11.9. The molecule has 0 aliphatic rings. The quantitative estimate of drug-likeness (QED) is 0.922. The molecule has 1 aromatic heterocycles. The second-order valence-electron chi connectivity index (χ2n) is 5.34. The minimum atomic E-state index is -0.605. The molecule has 0 saturated heterocycles. The van der Waals surface area contributed by atoms with E-state index in [0.717, 1.165) is 5.69 Å². The first-order valence-corrected chi connectivity index (χ1v) is 6.45. The van der Waals surface area contributed by atoms with Crippen molar-refractivity contribution in [2.75, 3.05) is 13.7 Å². The molecule has 0 aliphatic carbocycles. The van der Waals surface area contributed by atoms with E-state index in [2.05, 4.69) is 5.10 Å². The number of aromatic nitrogens is 2. The lowest BCUT2D eigenvalue weighted by Crippen LogP contribution is -2.47. The highest BCUT2D eigenvalue weighted by Gasteiger charge is 2.28. The van der Waals surface area contributed by atoms with Gasteiger partial charge in [0.15, 0.2) is 0 Å². The van der Waals surface area contributed by atoms with Crippen LogP contribution in [0.25, 0.3) is 5.69 Å². The Morgan fingerprint density at radius 2 is 2.00 bits per heavy atom. The van der Waals surface area contributed by atoms with Crippen LogP contribution in [0.2, 0.25) is 0 Å². The summed E-state index contributed by atoms with van der Waals surface area (Å²) in [6, 6.07) is 9.60. The lowest BCUT2D eigenvalue weighted by atomic mass is 10.0. The SMILES string of the molecule is CN(C(=O)c1cnn(-c2ccccc2)c1)C(C)(C)CO. The van der Waals surface area contributed by atoms with Crippen LogP contribution < -0.4 is 0 Å². The topological polar surface area (TPSA) is 58.4 Å². The number of aliphatic hydroxyl groups is 1. The molecule has 0 spiro atoms. The number of likely N-dealkylation sites (N-methyl/N-ethyl adjacent to an activating group) is 1. The van der Waals surface area contributed by atoms with Gasteiger partial charge in [0.1, 0.15) is 0 Å². The molecule has 0 unspecified atom stereocenters. The molecule has 5 heteroatoms. The van der Waals surface area contributed by atoms with Crippen molar-refractivity contribution in [3.63, 3.8) is 0 Å². The van der Waals surface area contributed by atoms with Gasteiger partial charge in [0.25, 0.3) is 5.91 Å². The third-order valence-electron chi connectivity index (χ3n) is 3.45. The van der Waals surface area contributed by atoms with Gasteiger partial charge in [-0.3, -0.25) is 4.79 Å². The molecular formula is C15H19N3O2. The van der Waals surface area contributed by atoms with Crippen LogP contribution in [-0.2, 0) is 0 Å². The average molecular weight is 273 g/mol. The van der Waals surface area contributed by atoms with Crippen molar-refractivity contribution in [2.24, 2.45) is 0 Å². The van der Waals surface area contributed by atoms with E-state index in [9.17, 15) is 9.90 Å². The largest absolute Gasteiger partial charge is 0.394 e. The highest BCUT2D eigenvalue weighted by Crippen LogP contribution is 2.16. The van der Waals surface area contributed by atoms with Gasteiger partial charge in [-0.1, -0.05) is 18.2 Å². The first-order valence-electron chi connectivity index (χ1n) is 6.45. The van der Waals surface area contributed by atoms with Crippen LogP contribution in [0.5, 0.6) is 0 Å². The molecule has 0 fully saturated rings. The summed E-state index contributed by atoms with van der Waals surface area (Å²) in [5.41, 5.74) is 0.792. The maximum Gasteiger partial charge on any atom is 0.257 e. The van der Waals surface area contributed by atoms with E-state index in [1.165, 1.54) is 4.90 Å². The van der Waals surface area contributed by atoms with E-state index in [0.29, 0.717) is 5.56 Å². The summed E-state index contributed by atoms with van der Waals surface area (Å²) in [6.07, 6.45) is 3.24. The molecule has 1 N–H and O–H groups in total. The van der Waals surface area contributed by atoms with Crippen LogP contribution in [0, 0.1) is 0 Å². The van der Waals surface area contributed by atoms with E-state index in [-0.39, 0.29) is 12.5 Å². The number of amides is 1. The standard InChI is InChI=1S/C15H19N3O2/c1-15(2,11-19)17(3)14(20)12-9-16-18(10-12)13-7-5-4-6-8-13/h4-10,19H,11H2,1-3H3. The second-order valence-corrected chi connectivity index (χ2v) is 5.34. The number of carbonyl (C=O) groups is 1. The lowest BCUT2D eigenvalue weighted by Gasteiger charge is -2.33. The molecule has 1 aromatic carbocycles. The Morgan fingerprint density at radius 1 is 1.35 bits per heavy atom. The third kappa shape index (κ3) is 2.72. The predicted molar refractivity (Wildman–Crippen MR) is 76.8 cm³/mol. The molecule has 0 aliphatic heterocycles. The molecule has 2 rings (SSSR count). The van der Waals surface area contributed by atoms with Crippen molar-refractivity contribution in [3.8, 4) is 5.69 Å². The Hall–Kier alpha value is -2.14. The molecule has 0 radical (unpaired) electrons. The highest BCUT2D eigenvalue weighted by atomic mass is 16.3. The fourth-order valence-corrected chi connectivity index (χ4v) is 1.73. The van der Waals surface area contributed by atoms with Gasteiger partial charge in [-0.15, -0.1) is 0 Å². The zero-order chi connectivity index (χ0) is 14.8. The monoisotopic (exact) mass is 273 g/mol. The Balaban J connectivity index is 2.23. The molecule has 2 aromatic rings. The van der Waals surface area contributed by atoms with E-state index in [4.69, 9.17) is 0 Å². The summed E-state index contributed by atoms with van der Waals surface area (Å²) < 4.78 is 1.66. The Morgan fingerprint density at radius 3 is 2.60 bits per heavy atom. The molecule has 0 atom stereocenters. The summed E-state index contributed by atoms with van der Waals surface area (Å²) in [5, 5.41) is 13.5. The molecule has 20 heavy (non-hydrogen) atoms. The van der Waals surface area contributed by atoms with Gasteiger partial charge in [-0.25, -0.2) is 4.68 Å². The average Bonchev–Trinajstić information content (AvgIpc) is 2.96. The predicted octanol–water partition coefficient (Wildman–Crippen LogP) is 1.72. The van der Waals surface area contributed by atoms with Crippen LogP contribution >= 0.6 is 0 Å². The van der Waals surface area contributed by atoms with Crippen molar-refractivity contribution < 1.29 is 9.90 Å². The van der Waals surface area contributed by atoms with Crippen molar-refractivity contribution in [2.45, 2.75) is 19.4 Å². The van der Waals surface area contributed by atoms with Crippen molar-refractivity contribution in [1.82, 2.24) is 14.7 Å². The van der Waals surface area contributed by atoms with Gasteiger partial charge in [0, 0.05) is 13.2 Å². The van der Waals surface area contributed by atoms with E-state index in [1.807, 2.05) is 44.2 Å². The van der Waals surface area contributed by atoms with Crippen molar-refractivity contribution in [1.29, 1.82) is 0 Å². The molecule has 1 heterocycles. The van der Waals surface area contributed by atoms with Crippen LogP contribution in [0.15, 0.2) is 42.7 Å². The van der Waals surface area contributed by atoms with Crippen LogP contribution in [-0.4, -0.2) is 44.9 Å². The summed E-state index contributed by atoms with van der Waals surface area (Å²) >= 11 is 0. The number of para-hydroxylation sites is 1. The van der Waals surface area contributed by atoms with Gasteiger partial charge in [-0.2, -0.15) is 5.10 Å². The second kappa shape index (κ2) is 5.46. The fraction of sp³-hybridized carbons (Fsp3) is 0.333. The number of rotatable bonds is 4. The summed E-state index contributed by atoms with van der Waals surface area (Å²) in [7, 11) is 1.68. The maximum atomic E-state index is 12.4. The number of hydrogen-bond donors (Lipinski definition) is 1. The van der Waals surface area contributed by atoms with Crippen molar-refractivity contribution >= 4 is 5.91 Å². The van der Waals surface area contributed by atoms with Crippen LogP contribution in [0.4, 0.5) is 0 Å². The number of nitrogens with zero attached hydrogens (tertiary/aromatic N) is 3. The third-order valence-corrected chi connectivity index (χ3v) is 3.45. The zero-order valence-electron chi connectivity index (χ0n) is 11.9. The van der Waals surface area contributed by atoms with E-state index < -0.39 is 5.54 Å². The smallest absolute Gasteiger partial charge is 0.257 e. The van der Waals surface area contributed by atoms with Crippen molar-refractivity contribution in [3.05, 3.63) is 48.3 Å². The van der Waals surface area contributed by atoms with E-state index >= 15 is 0 Å². The summed E-state index contributed by atoms with van der Waals surface area (Å²) in [5.74, 6) is -0.161. The maximum absolute atomic E-state index is 12.4. The normalized spacial score (nSPS) is 11.4. The molecule has 0 saturated carbocycles. The number of hydrogen-bond acceptors (Lipinski definition) is 3. The molecule has 0 bridgehead atoms. The van der Waals surface area contributed by atoms with Crippen LogP contribution in [0.1, 0.15) is 24.2 Å². The van der Waals surface area contributed by atoms with E-state index in [1.54, 1.807) is 24.1 Å². The molecule has 1 amide bonds. The number of carbonyl (C=O) groups excluding carboxylic acids is 1. The van der Waals surface area contributed by atoms with Gasteiger partial charge in [-0.05, 0) is 26.0 Å². The first-order chi connectivity index (χ1) is 9.45. The lowest BCUT2D eigenvalue weighted by molar-refractivity contribution is 0.0473. The minimum absolute atomic E-state index is 0.0952. The Labute approximate surface area is 118 Å². The summed E-state index contributed by atoms with van der Waals surface area (Å²) in [4.78, 5) is 13.9. The van der Waals surface area contributed by atoms with Gasteiger partial charge >= 0.3 is 0 Å². The van der Waals surface area contributed by atoms with Gasteiger partial charge in [0.05, 0.1) is 29.6 Å². The fourth-order valence-electron chi connectivity index (χ4n) is 1.73. The van der Waals surface area contributed by atoms with Gasteiger partial charge < -0.3 is 10.0 Å². The Bertz CT molecular complexity index is 590. The summed E-state index contributed by atoms with van der Waals surface area (Å²) in [6.45, 7) is 3.53. The molecule has 106 valence electrons. The minimum Gasteiger partial charge on any atom is -0.394 e. The highest BCUT2D eigenvalue weighted by molar-refractivity contribution is 5.94. The molecular weight excluding hydrogens is 254 g/mol. The first kappa shape index (κ1) is 14.3. The molecule has 5 nitrogen and oxygen atoms in total. The van der Waals surface area contributed by atoms with Gasteiger partial charge in [0.2, 0.25) is 0 Å². The van der Waals surface area contributed by atoms with Crippen LogP contribution in [0.3, 0.4) is 0 Å². The number of benzene rings is 1. The Kier molecular flexibility index (Phi) is 3.90.